The summed E-state index contributed by atoms with van der Waals surface area (Å²) in [5.74, 6) is 0.886. The number of nitrogens with one attached hydrogen (secondary N) is 2. The molecule has 1 saturated heterocycles. The van der Waals surface area contributed by atoms with Crippen molar-refractivity contribution in [1.29, 1.82) is 0 Å². The van der Waals surface area contributed by atoms with Crippen molar-refractivity contribution in [3.8, 4) is 0 Å². The molecule has 8 heteroatoms. The number of urea groups is 1. The van der Waals surface area contributed by atoms with E-state index in [0.717, 1.165) is 23.3 Å². The Balaban J connectivity index is 1.57. The fourth-order valence-electron chi connectivity index (χ4n) is 3.11. The minimum absolute atomic E-state index is 0.0531. The number of anilines is 2. The van der Waals surface area contributed by atoms with Crippen LogP contribution in [0.1, 0.15) is 16.8 Å². The fraction of sp³-hybridized carbons (Fsp3) is 0.286. The number of halogens is 1. The summed E-state index contributed by atoms with van der Waals surface area (Å²) in [6.45, 7) is 6.85. The first-order valence-electron chi connectivity index (χ1n) is 9.48. The fourth-order valence-corrected chi connectivity index (χ4v) is 3.38. The van der Waals surface area contributed by atoms with Gasteiger partial charge in [-0.2, -0.15) is 0 Å². The van der Waals surface area contributed by atoms with Crippen molar-refractivity contribution in [1.82, 2.24) is 15.2 Å². The Hall–Kier alpha value is -2.87. The van der Waals surface area contributed by atoms with Crippen molar-refractivity contribution in [2.24, 2.45) is 0 Å². The Bertz CT molecular complexity index is 854. The van der Waals surface area contributed by atoms with E-state index in [2.05, 4.69) is 43.0 Å². The molecule has 0 saturated carbocycles. The molecule has 0 radical (unpaired) electrons. The van der Waals surface area contributed by atoms with Crippen LogP contribution in [0.2, 0.25) is 0 Å². The summed E-state index contributed by atoms with van der Waals surface area (Å²) < 4.78 is 0.957. The largest absolute Gasteiger partial charge is 0.355 e. The monoisotopic (exact) mass is 457 g/mol. The van der Waals surface area contributed by atoms with E-state index in [-0.39, 0.29) is 11.9 Å². The lowest BCUT2D eigenvalue weighted by molar-refractivity contribution is 0.0767. The van der Waals surface area contributed by atoms with E-state index in [4.69, 9.17) is 0 Å². The molecule has 1 aliphatic rings. The highest BCUT2D eigenvalue weighted by Gasteiger charge is 2.21. The number of amides is 3. The summed E-state index contributed by atoms with van der Waals surface area (Å²) in [6, 6.07) is 10.9. The molecule has 2 aromatic rings. The van der Waals surface area contributed by atoms with Crippen LogP contribution < -0.4 is 15.5 Å². The van der Waals surface area contributed by atoms with Crippen LogP contribution in [-0.2, 0) is 0 Å². The number of pyridine rings is 1. The molecular weight excluding hydrogens is 434 g/mol. The number of aromatic nitrogens is 1. The Morgan fingerprint density at radius 2 is 1.90 bits per heavy atom. The van der Waals surface area contributed by atoms with Crippen molar-refractivity contribution in [2.45, 2.75) is 6.42 Å². The predicted molar refractivity (Wildman–Crippen MR) is 118 cm³/mol. The van der Waals surface area contributed by atoms with Gasteiger partial charge in [0, 0.05) is 42.8 Å². The zero-order valence-electron chi connectivity index (χ0n) is 16.1. The van der Waals surface area contributed by atoms with Gasteiger partial charge < -0.3 is 20.4 Å². The number of rotatable bonds is 5. The molecule has 0 aliphatic carbocycles. The van der Waals surface area contributed by atoms with E-state index in [1.54, 1.807) is 12.3 Å². The van der Waals surface area contributed by atoms with Crippen LogP contribution in [0, 0.1) is 0 Å². The molecule has 3 rings (SSSR count). The van der Waals surface area contributed by atoms with Crippen molar-refractivity contribution >= 4 is 39.4 Å². The summed E-state index contributed by atoms with van der Waals surface area (Å²) >= 11 is 3.40. The molecule has 0 bridgehead atoms. The van der Waals surface area contributed by atoms with E-state index in [0.29, 0.717) is 37.4 Å². The van der Waals surface area contributed by atoms with Crippen LogP contribution in [0.5, 0.6) is 0 Å². The lowest BCUT2D eigenvalue weighted by Gasteiger charge is -2.23. The molecule has 0 spiro atoms. The van der Waals surface area contributed by atoms with Gasteiger partial charge in [0.2, 0.25) is 0 Å². The van der Waals surface area contributed by atoms with Crippen LogP contribution >= 0.6 is 15.9 Å². The van der Waals surface area contributed by atoms with E-state index in [1.807, 2.05) is 41.3 Å². The van der Waals surface area contributed by atoms with Crippen LogP contribution in [0.25, 0.3) is 0 Å². The van der Waals surface area contributed by atoms with Crippen LogP contribution in [0.15, 0.2) is 59.7 Å². The van der Waals surface area contributed by atoms with E-state index >= 15 is 0 Å². The van der Waals surface area contributed by atoms with Gasteiger partial charge >= 0.3 is 6.03 Å². The highest BCUT2D eigenvalue weighted by atomic mass is 79.9. The Morgan fingerprint density at radius 3 is 2.59 bits per heavy atom. The summed E-state index contributed by atoms with van der Waals surface area (Å²) in [5.41, 5.74) is 1.32. The Morgan fingerprint density at radius 1 is 1.10 bits per heavy atom. The second-order valence-electron chi connectivity index (χ2n) is 6.67. The third-order valence-corrected chi connectivity index (χ3v) is 5.14. The molecule has 7 nitrogen and oxygen atoms in total. The third-order valence-electron chi connectivity index (χ3n) is 4.61. The van der Waals surface area contributed by atoms with Gasteiger partial charge in [0.05, 0.1) is 11.9 Å². The maximum absolute atomic E-state index is 12.8. The number of hydrogen-bond acceptors (Lipinski definition) is 4. The topological polar surface area (TPSA) is 77.6 Å². The van der Waals surface area contributed by atoms with Gasteiger partial charge in [0.25, 0.3) is 5.91 Å². The number of hydrogen-bond donors (Lipinski definition) is 2. The molecule has 152 valence electrons. The second kappa shape index (κ2) is 10.1. The highest BCUT2D eigenvalue weighted by Crippen LogP contribution is 2.18. The molecule has 1 fully saturated rings. The van der Waals surface area contributed by atoms with Crippen LogP contribution in [-0.4, -0.2) is 54.5 Å². The number of carbonyl (C=O) groups is 2. The zero-order valence-corrected chi connectivity index (χ0v) is 17.7. The first-order chi connectivity index (χ1) is 14.1. The third kappa shape index (κ3) is 5.80. The Kier molecular flexibility index (Phi) is 7.24. The second-order valence-corrected chi connectivity index (χ2v) is 7.58. The molecule has 2 N–H and O–H groups in total. The molecule has 0 unspecified atom stereocenters. The molecule has 2 heterocycles. The summed E-state index contributed by atoms with van der Waals surface area (Å²) in [4.78, 5) is 33.0. The van der Waals surface area contributed by atoms with Gasteiger partial charge in [0.1, 0.15) is 5.82 Å². The van der Waals surface area contributed by atoms with Gasteiger partial charge in [-0.1, -0.05) is 22.0 Å². The van der Waals surface area contributed by atoms with Gasteiger partial charge in [-0.3, -0.25) is 4.79 Å². The predicted octanol–water partition coefficient (Wildman–Crippen LogP) is 3.50. The molecular formula is C21H24BrN5O2. The lowest BCUT2D eigenvalue weighted by Crippen LogP contribution is -2.35. The summed E-state index contributed by atoms with van der Waals surface area (Å²) in [6.07, 6.45) is 4.12. The van der Waals surface area contributed by atoms with Gasteiger partial charge in [0.15, 0.2) is 0 Å². The van der Waals surface area contributed by atoms with Crippen molar-refractivity contribution in [3.63, 3.8) is 0 Å². The molecule has 29 heavy (non-hydrogen) atoms. The molecule has 1 aromatic heterocycles. The quantitative estimate of drug-likeness (QED) is 0.673. The number of nitrogens with zero attached hydrogens (tertiary/aromatic N) is 3. The first-order valence-corrected chi connectivity index (χ1v) is 10.3. The summed E-state index contributed by atoms with van der Waals surface area (Å²) in [7, 11) is 0. The first kappa shape index (κ1) is 20.9. The molecule has 0 atom stereocenters. The smallest absolute Gasteiger partial charge is 0.319 e. The minimum Gasteiger partial charge on any atom is -0.355 e. The molecule has 1 aromatic carbocycles. The van der Waals surface area contributed by atoms with Crippen molar-refractivity contribution in [3.05, 3.63) is 65.3 Å². The number of benzene rings is 1. The molecule has 1 aliphatic heterocycles. The average Bonchev–Trinajstić information content (AvgIpc) is 2.99. The van der Waals surface area contributed by atoms with E-state index in [1.165, 1.54) is 0 Å². The standard InChI is InChI=1S/C21H24BrN5O2/c1-2-10-23-21(29)25-18-8-9-19(24-15-18)26-11-3-12-27(14-13-26)20(28)16-4-6-17(22)7-5-16/h2,4-9,15H,1,3,10-14H2,(H2,23,25,29). The SMILES string of the molecule is C=CCNC(=O)Nc1ccc(N2CCCN(C(=O)c3ccc(Br)cc3)CC2)nc1. The van der Waals surface area contributed by atoms with Gasteiger partial charge in [-0.15, -0.1) is 6.58 Å². The van der Waals surface area contributed by atoms with Gasteiger partial charge in [-0.05, 0) is 42.8 Å². The van der Waals surface area contributed by atoms with Crippen LogP contribution in [0.3, 0.4) is 0 Å². The minimum atomic E-state index is -0.295. The number of carbonyl (C=O) groups excluding carboxylic acids is 2. The van der Waals surface area contributed by atoms with E-state index in [9.17, 15) is 9.59 Å². The highest BCUT2D eigenvalue weighted by molar-refractivity contribution is 9.10. The maximum Gasteiger partial charge on any atom is 0.319 e. The normalized spacial score (nSPS) is 14.1. The van der Waals surface area contributed by atoms with Crippen molar-refractivity contribution in [2.75, 3.05) is 42.9 Å². The van der Waals surface area contributed by atoms with Crippen LogP contribution in [0.4, 0.5) is 16.3 Å². The molecule has 3 amide bonds. The summed E-state index contributed by atoms with van der Waals surface area (Å²) in [5, 5.41) is 5.38. The lowest BCUT2D eigenvalue weighted by atomic mass is 10.2. The zero-order chi connectivity index (χ0) is 20.6. The van der Waals surface area contributed by atoms with E-state index < -0.39 is 0 Å². The maximum atomic E-state index is 12.8. The van der Waals surface area contributed by atoms with Crippen molar-refractivity contribution < 1.29 is 9.59 Å². The average molecular weight is 458 g/mol. The Labute approximate surface area is 178 Å². The van der Waals surface area contributed by atoms with Gasteiger partial charge in [-0.25, -0.2) is 9.78 Å².